The molecule has 0 heteroatoms. The number of rotatable bonds is 4. The van der Waals surface area contributed by atoms with Gasteiger partial charge in [0.15, 0.2) is 0 Å². The molecule has 0 radical (unpaired) electrons. The van der Waals surface area contributed by atoms with E-state index in [2.05, 4.69) is 135 Å². The van der Waals surface area contributed by atoms with Crippen molar-refractivity contribution >= 4 is 0 Å². The second-order valence-electron chi connectivity index (χ2n) is 10.3. The van der Waals surface area contributed by atoms with Gasteiger partial charge in [0.05, 0.1) is 0 Å². The molecule has 2 aliphatic carbocycles. The van der Waals surface area contributed by atoms with Crippen LogP contribution in [-0.2, 0) is 10.8 Å². The van der Waals surface area contributed by atoms with Gasteiger partial charge in [-0.2, -0.15) is 0 Å². The smallest absolute Gasteiger partial charge is 0.0461 e. The number of hydrogen-bond donors (Lipinski definition) is 0. The van der Waals surface area contributed by atoms with Crippen molar-refractivity contribution in [2.75, 3.05) is 0 Å². The van der Waals surface area contributed by atoms with E-state index in [9.17, 15) is 0 Å². The topological polar surface area (TPSA) is 0 Å². The zero-order valence-electron chi connectivity index (χ0n) is 21.0. The summed E-state index contributed by atoms with van der Waals surface area (Å²) < 4.78 is 0. The van der Waals surface area contributed by atoms with E-state index in [1.807, 2.05) is 0 Å². The summed E-state index contributed by atoms with van der Waals surface area (Å²) in [5.41, 5.74) is 13.8. The van der Waals surface area contributed by atoms with E-state index in [1.165, 1.54) is 55.6 Å². The third-order valence-electron chi connectivity index (χ3n) is 9.06. The Kier molecular flexibility index (Phi) is 4.63. The molecule has 0 unspecified atom stereocenters. The fourth-order valence-electron chi connectivity index (χ4n) is 7.48. The fraction of sp³-hybridized carbons (Fsp3) is 0.167. The van der Waals surface area contributed by atoms with Crippen molar-refractivity contribution in [3.63, 3.8) is 0 Å². The first-order valence-electron chi connectivity index (χ1n) is 13.3. The maximum absolute atomic E-state index is 2.42. The van der Waals surface area contributed by atoms with Crippen LogP contribution in [0.3, 0.4) is 0 Å². The van der Waals surface area contributed by atoms with Gasteiger partial charge in [0.1, 0.15) is 0 Å². The molecule has 36 heavy (non-hydrogen) atoms. The van der Waals surface area contributed by atoms with Crippen molar-refractivity contribution in [1.29, 1.82) is 0 Å². The molecule has 0 N–H and O–H groups in total. The largest absolute Gasteiger partial charge is 0.0639 e. The van der Waals surface area contributed by atoms with E-state index in [4.69, 9.17) is 0 Å². The summed E-state index contributed by atoms with van der Waals surface area (Å²) in [5.74, 6) is 0. The Labute approximate surface area is 214 Å². The van der Waals surface area contributed by atoms with Crippen molar-refractivity contribution < 1.29 is 0 Å². The molecule has 0 spiro atoms. The molecule has 0 saturated carbocycles. The van der Waals surface area contributed by atoms with Crippen LogP contribution in [0.5, 0.6) is 0 Å². The number of benzene rings is 5. The molecule has 0 nitrogen and oxygen atoms in total. The summed E-state index contributed by atoms with van der Waals surface area (Å²) >= 11 is 0. The van der Waals surface area contributed by atoms with Crippen LogP contribution in [0.2, 0.25) is 0 Å². The van der Waals surface area contributed by atoms with Crippen LogP contribution >= 0.6 is 0 Å². The van der Waals surface area contributed by atoms with E-state index in [-0.39, 0.29) is 10.8 Å². The molecule has 7 rings (SSSR count). The van der Waals surface area contributed by atoms with Crippen molar-refractivity contribution in [1.82, 2.24) is 0 Å². The van der Waals surface area contributed by atoms with Crippen LogP contribution in [0.4, 0.5) is 0 Å². The van der Waals surface area contributed by atoms with Crippen molar-refractivity contribution in [2.45, 2.75) is 37.5 Å². The van der Waals surface area contributed by atoms with Crippen LogP contribution in [0, 0.1) is 0 Å². The first-order valence-corrected chi connectivity index (χ1v) is 13.3. The summed E-state index contributed by atoms with van der Waals surface area (Å²) in [5, 5.41) is 0. The SMILES string of the molecule is CCC1(c2ccc(C3(CC)c4ccccc4-c4ccccc43)cc2)c2ccccc2-c2ccccc21. The van der Waals surface area contributed by atoms with E-state index in [1.54, 1.807) is 0 Å². The molecule has 0 aliphatic heterocycles. The molecule has 5 aromatic rings. The lowest BCUT2D eigenvalue weighted by Gasteiger charge is -2.34. The molecule has 0 atom stereocenters. The Morgan fingerprint density at radius 2 is 0.611 bits per heavy atom. The summed E-state index contributed by atoms with van der Waals surface area (Å²) in [6.45, 7) is 4.67. The molecule has 2 aliphatic rings. The standard InChI is InChI=1S/C36H30/c1-3-35(31-17-9-5-13-27(31)28-14-6-10-18-32(28)35)25-21-23-26(24-22-25)36(4-2)33-19-11-7-15-29(33)30-16-8-12-20-34(30)36/h5-24H,3-4H2,1-2H3. The highest BCUT2D eigenvalue weighted by Gasteiger charge is 2.45. The predicted molar refractivity (Wildman–Crippen MR) is 151 cm³/mol. The third kappa shape index (κ3) is 2.54. The lowest BCUT2D eigenvalue weighted by Crippen LogP contribution is -2.28. The van der Waals surface area contributed by atoms with E-state index < -0.39 is 0 Å². The average molecular weight is 463 g/mol. The number of hydrogen-bond acceptors (Lipinski definition) is 0. The Morgan fingerprint density at radius 1 is 0.361 bits per heavy atom. The quantitative estimate of drug-likeness (QED) is 0.250. The summed E-state index contributed by atoms with van der Waals surface area (Å²) in [6.07, 6.45) is 2.07. The molecule has 0 bridgehead atoms. The van der Waals surface area contributed by atoms with Crippen LogP contribution < -0.4 is 0 Å². The first-order chi connectivity index (χ1) is 17.8. The zero-order valence-corrected chi connectivity index (χ0v) is 21.0. The molecule has 0 fully saturated rings. The highest BCUT2D eigenvalue weighted by atomic mass is 14.5. The van der Waals surface area contributed by atoms with Crippen molar-refractivity contribution in [3.05, 3.63) is 155 Å². The fourth-order valence-corrected chi connectivity index (χ4v) is 7.48. The summed E-state index contributed by atoms with van der Waals surface area (Å²) in [4.78, 5) is 0. The van der Waals surface area contributed by atoms with Gasteiger partial charge in [0.2, 0.25) is 0 Å². The highest BCUT2D eigenvalue weighted by molar-refractivity contribution is 5.85. The van der Waals surface area contributed by atoms with E-state index in [0.29, 0.717) is 0 Å². The Bertz CT molecular complexity index is 1390. The van der Waals surface area contributed by atoms with E-state index in [0.717, 1.165) is 12.8 Å². The minimum Gasteiger partial charge on any atom is -0.0639 e. The molecular weight excluding hydrogens is 432 g/mol. The van der Waals surface area contributed by atoms with Crippen LogP contribution in [0.15, 0.2) is 121 Å². The highest BCUT2D eigenvalue weighted by Crippen LogP contribution is 2.56. The van der Waals surface area contributed by atoms with Gasteiger partial charge >= 0.3 is 0 Å². The second-order valence-corrected chi connectivity index (χ2v) is 10.3. The minimum absolute atomic E-state index is 0.114. The minimum atomic E-state index is -0.114. The van der Waals surface area contributed by atoms with Crippen molar-refractivity contribution in [3.8, 4) is 22.3 Å². The monoisotopic (exact) mass is 462 g/mol. The van der Waals surface area contributed by atoms with Gasteiger partial charge in [-0.25, -0.2) is 0 Å². The Balaban J connectivity index is 1.44. The van der Waals surface area contributed by atoms with Gasteiger partial charge in [0, 0.05) is 10.8 Å². The molecule has 0 heterocycles. The normalized spacial score (nSPS) is 15.6. The van der Waals surface area contributed by atoms with Gasteiger partial charge in [-0.1, -0.05) is 135 Å². The zero-order chi connectivity index (χ0) is 24.3. The van der Waals surface area contributed by atoms with Crippen LogP contribution in [0.25, 0.3) is 22.3 Å². The predicted octanol–water partition coefficient (Wildman–Crippen LogP) is 9.14. The molecule has 0 aromatic heterocycles. The van der Waals surface area contributed by atoms with Crippen LogP contribution in [-0.4, -0.2) is 0 Å². The van der Waals surface area contributed by atoms with Gasteiger partial charge in [0.25, 0.3) is 0 Å². The van der Waals surface area contributed by atoms with Gasteiger partial charge in [-0.05, 0) is 68.5 Å². The van der Waals surface area contributed by atoms with Gasteiger partial charge < -0.3 is 0 Å². The summed E-state index contributed by atoms with van der Waals surface area (Å²) in [7, 11) is 0. The lowest BCUT2D eigenvalue weighted by atomic mass is 9.68. The van der Waals surface area contributed by atoms with Crippen molar-refractivity contribution in [2.24, 2.45) is 0 Å². The van der Waals surface area contributed by atoms with Crippen LogP contribution in [0.1, 0.15) is 60.1 Å². The first kappa shape index (κ1) is 21.4. The summed E-state index contributed by atoms with van der Waals surface area (Å²) in [6, 6.07) is 45.6. The molecule has 0 saturated heterocycles. The lowest BCUT2D eigenvalue weighted by molar-refractivity contribution is 0.597. The van der Waals surface area contributed by atoms with E-state index >= 15 is 0 Å². The van der Waals surface area contributed by atoms with Gasteiger partial charge in [-0.3, -0.25) is 0 Å². The van der Waals surface area contributed by atoms with Gasteiger partial charge in [-0.15, -0.1) is 0 Å². The third-order valence-corrected chi connectivity index (χ3v) is 9.06. The second kappa shape index (κ2) is 7.80. The average Bonchev–Trinajstić information content (AvgIpc) is 3.42. The molecule has 0 amide bonds. The molecule has 174 valence electrons. The molecular formula is C36H30. The number of fused-ring (bicyclic) bond motifs is 6. The maximum Gasteiger partial charge on any atom is 0.0461 e. The Morgan fingerprint density at radius 3 is 0.861 bits per heavy atom. The maximum atomic E-state index is 2.42. The Hall–Kier alpha value is -3.90. The molecule has 5 aromatic carbocycles.